The summed E-state index contributed by atoms with van der Waals surface area (Å²) < 4.78 is 10.8. The number of rotatable bonds is 6. The molecule has 2 aliphatic rings. The van der Waals surface area contributed by atoms with E-state index >= 15 is 0 Å². The van der Waals surface area contributed by atoms with Crippen LogP contribution in [0.25, 0.3) is 10.9 Å². The van der Waals surface area contributed by atoms with Gasteiger partial charge < -0.3 is 14.4 Å². The summed E-state index contributed by atoms with van der Waals surface area (Å²) in [5.41, 5.74) is 5.60. The molecule has 1 fully saturated rings. The van der Waals surface area contributed by atoms with Crippen molar-refractivity contribution >= 4 is 58.8 Å². The van der Waals surface area contributed by atoms with Gasteiger partial charge in [0.15, 0.2) is 5.71 Å². The first-order valence-electron chi connectivity index (χ1n) is 11.9. The lowest BCUT2D eigenvalue weighted by Gasteiger charge is -2.36. The van der Waals surface area contributed by atoms with Crippen molar-refractivity contribution in [2.45, 2.75) is 20.3 Å². The maximum atomic E-state index is 12.0. The molecule has 0 unspecified atom stereocenters. The lowest BCUT2D eigenvalue weighted by Crippen LogP contribution is -2.47. The number of anilines is 1. The Labute approximate surface area is 224 Å². The summed E-state index contributed by atoms with van der Waals surface area (Å²) in [6.07, 6.45) is 0.926. The maximum absolute atomic E-state index is 12.0. The van der Waals surface area contributed by atoms with Crippen LogP contribution in [-0.2, 0) is 16.0 Å². The molecule has 0 amide bonds. The molecule has 2 aliphatic heterocycles. The van der Waals surface area contributed by atoms with Gasteiger partial charge in [-0.25, -0.2) is 9.79 Å². The molecule has 2 aromatic carbocycles. The molecule has 0 radical (unpaired) electrons. The van der Waals surface area contributed by atoms with Crippen LogP contribution in [0.15, 0.2) is 53.5 Å². The number of pyridine rings is 1. The molecular weight excluding hydrogens is 499 g/mol. The van der Waals surface area contributed by atoms with Crippen molar-refractivity contribution < 1.29 is 14.3 Å². The fourth-order valence-corrected chi connectivity index (χ4v) is 4.59. The van der Waals surface area contributed by atoms with Gasteiger partial charge in [-0.05, 0) is 62.2 Å². The second kappa shape index (κ2) is 12.4. The Morgan fingerprint density at radius 1 is 1.06 bits per heavy atom. The summed E-state index contributed by atoms with van der Waals surface area (Å²) in [6, 6.07) is 16.7. The van der Waals surface area contributed by atoms with E-state index in [1.54, 1.807) is 6.92 Å². The molecule has 9 heteroatoms. The van der Waals surface area contributed by atoms with E-state index in [0.29, 0.717) is 23.8 Å². The van der Waals surface area contributed by atoms with Crippen LogP contribution in [0.3, 0.4) is 0 Å². The number of esters is 1. The topological polar surface area (TPSA) is 67.3 Å². The smallest absolute Gasteiger partial charge is 0.356 e. The van der Waals surface area contributed by atoms with E-state index in [1.165, 1.54) is 16.6 Å². The number of halogens is 2. The number of carbonyl (C=O) groups excluding carboxylic acids is 1. The lowest BCUT2D eigenvalue weighted by molar-refractivity contribution is -0.135. The first-order chi connectivity index (χ1) is 16.6. The molecule has 36 heavy (non-hydrogen) atoms. The van der Waals surface area contributed by atoms with E-state index < -0.39 is 5.97 Å². The van der Waals surface area contributed by atoms with Gasteiger partial charge in [0, 0.05) is 49.5 Å². The largest absolute Gasteiger partial charge is 0.485 e. The predicted molar refractivity (Wildman–Crippen MR) is 149 cm³/mol. The Bertz CT molecular complexity index is 1240. The number of ether oxygens (including phenoxy) is 2. The number of fused-ring (bicyclic) bond motifs is 2. The molecular formula is C27H32Cl2N4O3. The number of hydrogen-bond acceptors (Lipinski definition) is 7. The summed E-state index contributed by atoms with van der Waals surface area (Å²) in [6.45, 7) is 9.33. The number of piperazine rings is 1. The molecule has 5 rings (SSSR count). The normalized spacial score (nSPS) is 15.2. The Kier molecular flexibility index (Phi) is 9.54. The number of carbonyl (C=O) groups is 1. The molecule has 7 nitrogen and oxygen atoms in total. The molecule has 0 saturated carbocycles. The summed E-state index contributed by atoms with van der Waals surface area (Å²) >= 11 is 0. The SMILES string of the molecule is CCOC(=O)C1=Nc2cc(CCN3CCN(c4cccc5nc(C)ccc45)CC3)ccc2OC1.Cl.Cl. The van der Waals surface area contributed by atoms with Gasteiger partial charge in [0.05, 0.1) is 12.1 Å². The van der Waals surface area contributed by atoms with Gasteiger partial charge in [-0.15, -0.1) is 24.8 Å². The van der Waals surface area contributed by atoms with E-state index in [0.717, 1.165) is 50.4 Å². The third-order valence-electron chi connectivity index (χ3n) is 6.43. The van der Waals surface area contributed by atoms with E-state index in [1.807, 2.05) is 19.1 Å². The monoisotopic (exact) mass is 530 g/mol. The fourth-order valence-electron chi connectivity index (χ4n) is 4.59. The van der Waals surface area contributed by atoms with Crippen LogP contribution in [0.4, 0.5) is 11.4 Å². The molecule has 192 valence electrons. The van der Waals surface area contributed by atoms with Gasteiger partial charge in [0.1, 0.15) is 18.0 Å². The zero-order valence-corrected chi connectivity index (χ0v) is 22.2. The Morgan fingerprint density at radius 3 is 2.64 bits per heavy atom. The highest BCUT2D eigenvalue weighted by Gasteiger charge is 2.21. The van der Waals surface area contributed by atoms with Crippen LogP contribution in [-0.4, -0.2) is 67.5 Å². The Balaban J connectivity index is 0.00000180. The number of aliphatic imine (C=N–C) groups is 1. The van der Waals surface area contributed by atoms with Gasteiger partial charge in [-0.1, -0.05) is 12.1 Å². The van der Waals surface area contributed by atoms with Crippen molar-refractivity contribution in [1.82, 2.24) is 9.88 Å². The summed E-state index contributed by atoms with van der Waals surface area (Å²) in [5, 5.41) is 1.22. The van der Waals surface area contributed by atoms with Crippen molar-refractivity contribution in [3.05, 3.63) is 59.8 Å². The highest BCUT2D eigenvalue weighted by atomic mass is 35.5. The van der Waals surface area contributed by atoms with Crippen LogP contribution in [0, 0.1) is 6.92 Å². The standard InChI is InChI=1S/C27H30N4O3.2ClH/c1-3-33-27(32)24-18-34-26-10-8-20(17-23(26)29-24)11-12-30-13-15-31(16-14-30)25-6-4-5-22-21(25)9-7-19(2)28-22;;/h4-10,17H,3,11-16,18H2,1-2H3;2*1H. The van der Waals surface area contributed by atoms with Gasteiger partial charge in [-0.2, -0.15) is 0 Å². The number of nitrogens with zero attached hydrogens (tertiary/aromatic N) is 4. The van der Waals surface area contributed by atoms with Gasteiger partial charge in [0.25, 0.3) is 0 Å². The summed E-state index contributed by atoms with van der Waals surface area (Å²) in [4.78, 5) is 26.1. The third-order valence-corrected chi connectivity index (χ3v) is 6.43. The van der Waals surface area contributed by atoms with Crippen molar-refractivity contribution in [1.29, 1.82) is 0 Å². The minimum absolute atomic E-state index is 0. The molecule has 0 aliphatic carbocycles. The average molecular weight is 531 g/mol. The highest BCUT2D eigenvalue weighted by Crippen LogP contribution is 2.32. The second-order valence-electron chi connectivity index (χ2n) is 8.74. The molecule has 1 aromatic heterocycles. The zero-order chi connectivity index (χ0) is 23.5. The van der Waals surface area contributed by atoms with Gasteiger partial charge in [0.2, 0.25) is 0 Å². The molecule has 0 N–H and O–H groups in total. The lowest BCUT2D eigenvalue weighted by atomic mass is 10.1. The first kappa shape index (κ1) is 27.7. The predicted octanol–water partition coefficient (Wildman–Crippen LogP) is 4.78. The first-order valence-corrected chi connectivity index (χ1v) is 11.9. The minimum Gasteiger partial charge on any atom is -0.485 e. The molecule has 3 heterocycles. The van der Waals surface area contributed by atoms with Gasteiger partial charge in [-0.3, -0.25) is 9.88 Å². The zero-order valence-electron chi connectivity index (χ0n) is 20.6. The average Bonchev–Trinajstić information content (AvgIpc) is 2.87. The fraction of sp³-hybridized carbons (Fsp3) is 0.370. The van der Waals surface area contributed by atoms with E-state index in [-0.39, 0.29) is 31.4 Å². The van der Waals surface area contributed by atoms with Crippen molar-refractivity contribution in [2.75, 3.05) is 50.8 Å². The number of hydrogen-bond donors (Lipinski definition) is 0. The van der Waals surface area contributed by atoms with Crippen LogP contribution in [0.1, 0.15) is 18.2 Å². The molecule has 0 atom stereocenters. The van der Waals surface area contributed by atoms with Crippen LogP contribution < -0.4 is 9.64 Å². The molecule has 1 saturated heterocycles. The van der Waals surface area contributed by atoms with Gasteiger partial charge >= 0.3 is 5.97 Å². The number of aromatic nitrogens is 1. The maximum Gasteiger partial charge on any atom is 0.356 e. The van der Waals surface area contributed by atoms with Crippen LogP contribution >= 0.6 is 24.8 Å². The third kappa shape index (κ3) is 6.09. The van der Waals surface area contributed by atoms with Crippen molar-refractivity contribution in [3.63, 3.8) is 0 Å². The molecule has 3 aromatic rings. The quantitative estimate of drug-likeness (QED) is 0.427. The number of aryl methyl sites for hydroxylation is 1. The molecule has 0 bridgehead atoms. The summed E-state index contributed by atoms with van der Waals surface area (Å²) in [7, 11) is 0. The van der Waals surface area contributed by atoms with Crippen molar-refractivity contribution in [2.24, 2.45) is 4.99 Å². The molecule has 0 spiro atoms. The van der Waals surface area contributed by atoms with Crippen molar-refractivity contribution in [3.8, 4) is 5.75 Å². The van der Waals surface area contributed by atoms with Crippen LogP contribution in [0.5, 0.6) is 5.75 Å². The van der Waals surface area contributed by atoms with E-state index in [4.69, 9.17) is 9.47 Å². The van der Waals surface area contributed by atoms with E-state index in [2.05, 4.69) is 56.2 Å². The van der Waals surface area contributed by atoms with E-state index in [9.17, 15) is 4.79 Å². The summed E-state index contributed by atoms with van der Waals surface area (Å²) in [5.74, 6) is 0.304. The highest BCUT2D eigenvalue weighted by molar-refractivity contribution is 6.38. The number of benzene rings is 2. The van der Waals surface area contributed by atoms with Crippen LogP contribution in [0.2, 0.25) is 0 Å². The minimum atomic E-state index is -0.409. The second-order valence-corrected chi connectivity index (χ2v) is 8.74. The Hall–Kier alpha value is -2.87. The Morgan fingerprint density at radius 2 is 1.86 bits per heavy atom.